The molecule has 0 unspecified atom stereocenters. The van der Waals surface area contributed by atoms with Crippen LogP contribution in [0.2, 0.25) is 0 Å². The van der Waals surface area contributed by atoms with Crippen LogP contribution < -0.4 is 9.64 Å². The number of anilines is 3. The molecule has 33 heavy (non-hydrogen) atoms. The Bertz CT molecular complexity index is 1280. The van der Waals surface area contributed by atoms with Gasteiger partial charge in [0.1, 0.15) is 5.75 Å². The van der Waals surface area contributed by atoms with E-state index in [2.05, 4.69) is 114 Å². The number of benzene rings is 4. The summed E-state index contributed by atoms with van der Waals surface area (Å²) in [5.74, 6) is 0.860. The van der Waals surface area contributed by atoms with Crippen molar-refractivity contribution in [2.45, 2.75) is 32.1 Å². The van der Waals surface area contributed by atoms with E-state index in [1.807, 2.05) is 12.1 Å². The van der Waals surface area contributed by atoms with Gasteiger partial charge in [-0.25, -0.2) is 0 Å². The second-order valence-corrected chi connectivity index (χ2v) is 9.46. The third kappa shape index (κ3) is 3.46. The smallest absolute Gasteiger partial charge is 0.119 e. The highest BCUT2D eigenvalue weighted by Crippen LogP contribution is 2.57. The highest BCUT2D eigenvalue weighted by atomic mass is 79.9. The molecular formula is C30H28BrNO. The van der Waals surface area contributed by atoms with Crippen LogP contribution in [0.5, 0.6) is 5.75 Å². The molecule has 4 aromatic carbocycles. The minimum atomic E-state index is -0.0372. The van der Waals surface area contributed by atoms with E-state index in [0.717, 1.165) is 34.4 Å². The van der Waals surface area contributed by atoms with Crippen molar-refractivity contribution in [3.05, 3.63) is 107 Å². The van der Waals surface area contributed by atoms with Gasteiger partial charge in [0.15, 0.2) is 0 Å². The molecule has 0 aliphatic heterocycles. The maximum Gasteiger partial charge on any atom is 0.119 e. The van der Waals surface area contributed by atoms with Crippen molar-refractivity contribution in [3.63, 3.8) is 0 Å². The summed E-state index contributed by atoms with van der Waals surface area (Å²) < 4.78 is 6.57. The molecule has 0 spiro atoms. The topological polar surface area (TPSA) is 12.5 Å². The average molecular weight is 498 g/mol. The standard InChI is InChI=1S/C30H28BrNO/c1-4-30(5-2)27-20-21(31)14-19-25(27)26-12-9-13-28(29(26)30)32(22-10-7-6-8-11-22)23-15-17-24(33-3)18-16-23/h6-20H,4-5H2,1-3H3. The lowest BCUT2D eigenvalue weighted by atomic mass is 9.73. The van der Waals surface area contributed by atoms with Crippen LogP contribution in [-0.4, -0.2) is 7.11 Å². The molecule has 0 N–H and O–H groups in total. The first kappa shape index (κ1) is 21.8. The number of nitrogens with zero attached hydrogens (tertiary/aromatic N) is 1. The fourth-order valence-electron chi connectivity index (χ4n) is 5.46. The number of hydrogen-bond donors (Lipinski definition) is 0. The van der Waals surface area contributed by atoms with Crippen molar-refractivity contribution in [2.24, 2.45) is 0 Å². The number of fused-ring (bicyclic) bond motifs is 3. The van der Waals surface area contributed by atoms with Gasteiger partial charge >= 0.3 is 0 Å². The lowest BCUT2D eigenvalue weighted by Crippen LogP contribution is -2.26. The van der Waals surface area contributed by atoms with E-state index in [9.17, 15) is 0 Å². The normalized spacial score (nSPS) is 13.3. The third-order valence-electron chi connectivity index (χ3n) is 7.10. The number of hydrogen-bond acceptors (Lipinski definition) is 2. The second-order valence-electron chi connectivity index (χ2n) is 8.55. The third-order valence-corrected chi connectivity index (χ3v) is 7.59. The number of ether oxygens (including phenoxy) is 1. The molecule has 1 aliphatic carbocycles. The van der Waals surface area contributed by atoms with E-state index in [1.165, 1.54) is 27.9 Å². The fraction of sp³-hybridized carbons (Fsp3) is 0.200. The summed E-state index contributed by atoms with van der Waals surface area (Å²) in [7, 11) is 1.71. The molecule has 0 fully saturated rings. The van der Waals surface area contributed by atoms with Crippen LogP contribution >= 0.6 is 15.9 Å². The summed E-state index contributed by atoms with van der Waals surface area (Å²) in [5, 5.41) is 0. The van der Waals surface area contributed by atoms with Crippen molar-refractivity contribution < 1.29 is 4.74 Å². The minimum absolute atomic E-state index is 0.0372. The molecule has 0 amide bonds. The molecule has 5 rings (SSSR count). The molecule has 3 heteroatoms. The van der Waals surface area contributed by atoms with Gasteiger partial charge in [0.2, 0.25) is 0 Å². The molecule has 2 nitrogen and oxygen atoms in total. The van der Waals surface area contributed by atoms with E-state index in [0.29, 0.717) is 0 Å². The fourth-order valence-corrected chi connectivity index (χ4v) is 5.82. The summed E-state index contributed by atoms with van der Waals surface area (Å²) >= 11 is 3.73. The number of para-hydroxylation sites is 1. The van der Waals surface area contributed by atoms with E-state index in [4.69, 9.17) is 4.74 Å². The zero-order chi connectivity index (χ0) is 23.0. The second kappa shape index (κ2) is 8.72. The number of methoxy groups -OCH3 is 1. The zero-order valence-electron chi connectivity index (χ0n) is 19.3. The largest absolute Gasteiger partial charge is 0.497 e. The Balaban J connectivity index is 1.80. The van der Waals surface area contributed by atoms with E-state index in [1.54, 1.807) is 7.11 Å². The van der Waals surface area contributed by atoms with Gasteiger partial charge in [-0.05, 0) is 89.7 Å². The van der Waals surface area contributed by atoms with Gasteiger partial charge in [-0.1, -0.05) is 66.2 Å². The van der Waals surface area contributed by atoms with Crippen molar-refractivity contribution in [1.82, 2.24) is 0 Å². The predicted molar refractivity (Wildman–Crippen MR) is 142 cm³/mol. The molecule has 0 heterocycles. The predicted octanol–water partition coefficient (Wildman–Crippen LogP) is 9.01. The minimum Gasteiger partial charge on any atom is -0.497 e. The Morgan fingerprint density at radius 2 is 1.45 bits per heavy atom. The molecule has 0 radical (unpaired) electrons. The van der Waals surface area contributed by atoms with Gasteiger partial charge in [0.05, 0.1) is 12.8 Å². The first-order valence-corrected chi connectivity index (χ1v) is 12.4. The molecule has 0 aromatic heterocycles. The Hall–Kier alpha value is -3.04. The highest BCUT2D eigenvalue weighted by molar-refractivity contribution is 9.10. The molecular weight excluding hydrogens is 470 g/mol. The lowest BCUT2D eigenvalue weighted by molar-refractivity contribution is 0.415. The molecule has 1 aliphatic rings. The molecule has 0 atom stereocenters. The van der Waals surface area contributed by atoms with E-state index < -0.39 is 0 Å². The molecule has 4 aromatic rings. The summed E-state index contributed by atoms with van der Waals surface area (Å²) in [6.45, 7) is 4.64. The highest BCUT2D eigenvalue weighted by Gasteiger charge is 2.43. The van der Waals surface area contributed by atoms with Gasteiger partial charge in [-0.3, -0.25) is 0 Å². The van der Waals surface area contributed by atoms with Crippen LogP contribution in [0.25, 0.3) is 11.1 Å². The van der Waals surface area contributed by atoms with Crippen molar-refractivity contribution in [1.29, 1.82) is 0 Å². The van der Waals surface area contributed by atoms with Crippen LogP contribution in [0.15, 0.2) is 95.5 Å². The molecule has 0 bridgehead atoms. The van der Waals surface area contributed by atoms with Gasteiger partial charge in [0.25, 0.3) is 0 Å². The van der Waals surface area contributed by atoms with Gasteiger partial charge in [-0.15, -0.1) is 0 Å². The quantitative estimate of drug-likeness (QED) is 0.263. The van der Waals surface area contributed by atoms with Gasteiger partial charge in [-0.2, -0.15) is 0 Å². The molecule has 166 valence electrons. The van der Waals surface area contributed by atoms with Gasteiger partial charge < -0.3 is 9.64 Å². The van der Waals surface area contributed by atoms with E-state index >= 15 is 0 Å². The van der Waals surface area contributed by atoms with Crippen molar-refractivity contribution in [3.8, 4) is 16.9 Å². The number of halogens is 1. The van der Waals surface area contributed by atoms with Crippen molar-refractivity contribution >= 4 is 33.0 Å². The van der Waals surface area contributed by atoms with Crippen LogP contribution in [0.1, 0.15) is 37.8 Å². The summed E-state index contributed by atoms with van der Waals surface area (Å²) in [6, 6.07) is 32.5. The SMILES string of the molecule is CCC1(CC)c2cc(Br)ccc2-c2cccc(N(c3ccccc3)c3ccc(OC)cc3)c21. The zero-order valence-corrected chi connectivity index (χ0v) is 20.9. The van der Waals surface area contributed by atoms with Gasteiger partial charge in [0, 0.05) is 21.3 Å². The Kier molecular flexibility index (Phi) is 5.76. The summed E-state index contributed by atoms with van der Waals surface area (Å²) in [6.07, 6.45) is 2.09. The molecule has 0 saturated heterocycles. The van der Waals surface area contributed by atoms with Crippen LogP contribution in [0.4, 0.5) is 17.1 Å². The van der Waals surface area contributed by atoms with Crippen LogP contribution in [0.3, 0.4) is 0 Å². The maximum atomic E-state index is 5.43. The van der Waals surface area contributed by atoms with Crippen LogP contribution in [0, 0.1) is 0 Å². The average Bonchev–Trinajstić information content (AvgIpc) is 3.15. The summed E-state index contributed by atoms with van der Waals surface area (Å²) in [5.41, 5.74) is 9.00. The summed E-state index contributed by atoms with van der Waals surface area (Å²) in [4.78, 5) is 2.39. The maximum absolute atomic E-state index is 5.43. The Morgan fingerprint density at radius 3 is 2.12 bits per heavy atom. The first-order valence-electron chi connectivity index (χ1n) is 11.6. The number of rotatable bonds is 6. The monoisotopic (exact) mass is 497 g/mol. The Morgan fingerprint density at radius 1 is 0.758 bits per heavy atom. The molecule has 0 saturated carbocycles. The Labute approximate surface area is 205 Å². The van der Waals surface area contributed by atoms with Crippen LogP contribution in [-0.2, 0) is 5.41 Å². The van der Waals surface area contributed by atoms with E-state index in [-0.39, 0.29) is 5.41 Å². The van der Waals surface area contributed by atoms with Crippen molar-refractivity contribution in [2.75, 3.05) is 12.0 Å². The first-order chi connectivity index (χ1) is 16.1. The lowest BCUT2D eigenvalue weighted by Gasteiger charge is -2.35.